The van der Waals surface area contributed by atoms with Crippen molar-refractivity contribution in [3.05, 3.63) is 58.4 Å². The Hall–Kier alpha value is -2.31. The van der Waals surface area contributed by atoms with Crippen molar-refractivity contribution in [2.45, 2.75) is 0 Å². The summed E-state index contributed by atoms with van der Waals surface area (Å²) in [4.78, 5) is 4.29. The summed E-state index contributed by atoms with van der Waals surface area (Å²) in [6.45, 7) is 0. The van der Waals surface area contributed by atoms with Crippen molar-refractivity contribution in [1.29, 1.82) is 0 Å². The van der Waals surface area contributed by atoms with Crippen LogP contribution in [0.5, 0.6) is 11.5 Å². The van der Waals surface area contributed by atoms with Crippen LogP contribution in [0, 0.1) is 0 Å². The summed E-state index contributed by atoms with van der Waals surface area (Å²) in [7, 11) is 1.49. The second kappa shape index (κ2) is 7.07. The third kappa shape index (κ3) is 3.60. The Labute approximate surface area is 151 Å². The van der Waals surface area contributed by atoms with E-state index in [2.05, 4.69) is 26.1 Å². The fourth-order valence-corrected chi connectivity index (χ4v) is 2.67. The van der Waals surface area contributed by atoms with E-state index < -0.39 is 0 Å². The van der Waals surface area contributed by atoms with E-state index in [9.17, 15) is 5.11 Å². The van der Waals surface area contributed by atoms with Crippen molar-refractivity contribution in [1.82, 2.24) is 10.1 Å². The molecule has 7 heteroatoms. The number of aromatic hydroxyl groups is 1. The number of methoxy groups -OCH3 is 1. The van der Waals surface area contributed by atoms with Crippen molar-refractivity contribution in [3.63, 3.8) is 0 Å². The van der Waals surface area contributed by atoms with Crippen LogP contribution in [0.2, 0.25) is 0 Å². The summed E-state index contributed by atoms with van der Waals surface area (Å²) in [6, 6.07) is 12.5. The molecular weight excluding hydrogens is 396 g/mol. The van der Waals surface area contributed by atoms with Gasteiger partial charge in [0.1, 0.15) is 5.03 Å². The molecule has 0 unspecified atom stereocenters. The number of phenols is 1. The predicted octanol–water partition coefficient (Wildman–Crippen LogP) is 4.95. The maximum atomic E-state index is 9.80. The Morgan fingerprint density at radius 3 is 2.83 bits per heavy atom. The van der Waals surface area contributed by atoms with Crippen molar-refractivity contribution < 1.29 is 14.4 Å². The minimum Gasteiger partial charge on any atom is -0.504 e. The smallest absolute Gasteiger partial charge is 0.269 e. The molecule has 0 aliphatic rings. The van der Waals surface area contributed by atoms with Crippen LogP contribution in [-0.4, -0.2) is 22.4 Å². The van der Waals surface area contributed by atoms with Crippen LogP contribution in [0.1, 0.15) is 11.5 Å². The number of ether oxygens (including phenoxy) is 1. The molecule has 5 nitrogen and oxygen atoms in total. The van der Waals surface area contributed by atoms with Gasteiger partial charge in [-0.1, -0.05) is 50.9 Å². The van der Waals surface area contributed by atoms with Gasteiger partial charge in [-0.3, -0.25) is 0 Å². The lowest BCUT2D eigenvalue weighted by molar-refractivity contribution is 0.373. The highest BCUT2D eigenvalue weighted by molar-refractivity contribution is 9.10. The molecule has 0 bridgehead atoms. The molecule has 0 spiro atoms. The average molecular weight is 408 g/mol. The zero-order chi connectivity index (χ0) is 17.1. The molecule has 1 heterocycles. The number of hydrogen-bond donors (Lipinski definition) is 1. The number of nitrogens with zero attached hydrogens (tertiary/aromatic N) is 2. The largest absolute Gasteiger partial charge is 0.504 e. The van der Waals surface area contributed by atoms with Gasteiger partial charge < -0.3 is 14.4 Å². The monoisotopic (exact) mass is 406 g/mol. The number of aromatic nitrogens is 2. The first-order valence-corrected chi connectivity index (χ1v) is 8.08. The molecule has 3 aromatic rings. The molecule has 0 aliphatic carbocycles. The van der Waals surface area contributed by atoms with Gasteiger partial charge in [0.15, 0.2) is 11.5 Å². The lowest BCUT2D eigenvalue weighted by Gasteiger charge is -2.03. The second-order valence-electron chi connectivity index (χ2n) is 4.86. The second-order valence-corrected chi connectivity index (χ2v) is 6.18. The summed E-state index contributed by atoms with van der Waals surface area (Å²) >= 11 is 9.64. The number of rotatable bonds is 4. The summed E-state index contributed by atoms with van der Waals surface area (Å²) in [5.41, 5.74) is 1.49. The number of phenolic OH excluding ortho intramolecular Hbond substituents is 1. The fraction of sp³-hybridized carbons (Fsp3) is 0.0588. The molecule has 3 rings (SSSR count). The summed E-state index contributed by atoms with van der Waals surface area (Å²) in [6.07, 6.45) is 1.62. The molecule has 122 valence electrons. The number of halogens is 2. The predicted molar refractivity (Wildman–Crippen MR) is 95.8 cm³/mol. The van der Waals surface area contributed by atoms with E-state index in [1.807, 2.05) is 24.3 Å². The van der Waals surface area contributed by atoms with Gasteiger partial charge in [0, 0.05) is 10.0 Å². The Morgan fingerprint density at radius 2 is 2.12 bits per heavy atom. The van der Waals surface area contributed by atoms with Gasteiger partial charge in [-0.25, -0.2) is 0 Å². The highest BCUT2D eigenvalue weighted by Gasteiger charge is 2.12. The van der Waals surface area contributed by atoms with E-state index >= 15 is 0 Å². The van der Waals surface area contributed by atoms with Crippen LogP contribution < -0.4 is 4.74 Å². The Bertz CT molecular complexity index is 908. The zero-order valence-corrected chi connectivity index (χ0v) is 14.9. The molecule has 0 fully saturated rings. The zero-order valence-electron chi connectivity index (χ0n) is 12.5. The molecular formula is C17H12BrClN2O3. The standard InChI is InChI=1S/C17H12BrClN2O3/c1-23-15-6-5-10(8-14(15)22)7-13(19)17-20-16(21-24-17)11-3-2-4-12(18)9-11/h2-9,22H,1H3/b13-7-. The van der Waals surface area contributed by atoms with E-state index in [1.165, 1.54) is 13.2 Å². The van der Waals surface area contributed by atoms with Crippen molar-refractivity contribution >= 4 is 38.6 Å². The number of hydrogen-bond acceptors (Lipinski definition) is 5. The summed E-state index contributed by atoms with van der Waals surface area (Å²) in [5.74, 6) is 1.05. The van der Waals surface area contributed by atoms with Crippen molar-refractivity contribution in [3.8, 4) is 22.9 Å². The van der Waals surface area contributed by atoms with Crippen LogP contribution in [0.25, 0.3) is 22.5 Å². The molecule has 0 amide bonds. The first-order valence-electron chi connectivity index (χ1n) is 6.91. The highest BCUT2D eigenvalue weighted by atomic mass is 79.9. The first kappa shape index (κ1) is 16.5. The van der Waals surface area contributed by atoms with Crippen molar-refractivity contribution in [2.75, 3.05) is 7.11 Å². The summed E-state index contributed by atoms with van der Waals surface area (Å²) in [5, 5.41) is 14.0. The third-order valence-electron chi connectivity index (χ3n) is 3.21. The van der Waals surface area contributed by atoms with Crippen LogP contribution in [0.4, 0.5) is 0 Å². The van der Waals surface area contributed by atoms with Gasteiger partial charge >= 0.3 is 0 Å². The molecule has 0 aliphatic heterocycles. The lowest BCUT2D eigenvalue weighted by Crippen LogP contribution is -1.84. The van der Waals surface area contributed by atoms with Crippen LogP contribution in [-0.2, 0) is 0 Å². The van der Waals surface area contributed by atoms with Crippen molar-refractivity contribution in [2.24, 2.45) is 0 Å². The maximum absolute atomic E-state index is 9.80. The van der Waals surface area contributed by atoms with Gasteiger partial charge in [0.2, 0.25) is 5.82 Å². The average Bonchev–Trinajstić information content (AvgIpc) is 3.05. The molecule has 1 aromatic heterocycles. The molecule has 0 atom stereocenters. The molecule has 0 saturated carbocycles. The molecule has 2 aromatic carbocycles. The molecule has 0 radical (unpaired) electrons. The lowest BCUT2D eigenvalue weighted by atomic mass is 10.2. The topological polar surface area (TPSA) is 68.4 Å². The normalized spacial score (nSPS) is 11.5. The minimum atomic E-state index is 0.0241. The van der Waals surface area contributed by atoms with Gasteiger partial charge in [-0.05, 0) is 35.9 Å². The van der Waals surface area contributed by atoms with E-state index in [0.717, 1.165) is 10.0 Å². The SMILES string of the molecule is COc1ccc(/C=C(\Cl)c2nc(-c3cccc(Br)c3)no2)cc1O. The van der Waals surface area contributed by atoms with Gasteiger partial charge in [-0.2, -0.15) is 4.98 Å². The van der Waals surface area contributed by atoms with E-state index in [1.54, 1.807) is 18.2 Å². The van der Waals surface area contributed by atoms with Crippen LogP contribution in [0.15, 0.2) is 51.5 Å². The van der Waals surface area contributed by atoms with Crippen LogP contribution in [0.3, 0.4) is 0 Å². The Balaban J connectivity index is 1.88. The number of benzene rings is 2. The summed E-state index contributed by atoms with van der Waals surface area (Å²) < 4.78 is 11.1. The Kier molecular flexibility index (Phi) is 4.87. The van der Waals surface area contributed by atoms with Gasteiger partial charge in [0.05, 0.1) is 7.11 Å². The maximum Gasteiger partial charge on any atom is 0.269 e. The van der Waals surface area contributed by atoms with E-state index in [-0.39, 0.29) is 16.7 Å². The van der Waals surface area contributed by atoms with Gasteiger partial charge in [0.25, 0.3) is 5.89 Å². The van der Waals surface area contributed by atoms with E-state index in [0.29, 0.717) is 17.1 Å². The van der Waals surface area contributed by atoms with Gasteiger partial charge in [-0.15, -0.1) is 0 Å². The molecule has 24 heavy (non-hydrogen) atoms. The minimum absolute atomic E-state index is 0.0241. The third-order valence-corrected chi connectivity index (χ3v) is 3.97. The molecule has 1 N–H and O–H groups in total. The quantitative estimate of drug-likeness (QED) is 0.663. The first-order chi connectivity index (χ1) is 11.6. The highest BCUT2D eigenvalue weighted by Crippen LogP contribution is 2.29. The molecule has 0 saturated heterocycles. The Morgan fingerprint density at radius 1 is 1.29 bits per heavy atom. The van der Waals surface area contributed by atoms with E-state index in [4.69, 9.17) is 20.9 Å². The fourth-order valence-electron chi connectivity index (χ4n) is 2.07. The van der Waals surface area contributed by atoms with Crippen LogP contribution >= 0.6 is 27.5 Å².